The Balaban J connectivity index is 2.13. The molecule has 1 unspecified atom stereocenters. The summed E-state index contributed by atoms with van der Waals surface area (Å²) < 4.78 is 0. The lowest BCUT2D eigenvalue weighted by molar-refractivity contribution is -0.127. The third kappa shape index (κ3) is 4.66. The van der Waals surface area contributed by atoms with Crippen LogP contribution in [-0.4, -0.2) is 19.0 Å². The number of unbranched alkanes of at least 4 members (excludes halogenated alkanes) is 3. The van der Waals surface area contributed by atoms with Gasteiger partial charge in [-0.2, -0.15) is 0 Å². The fraction of sp³-hybridized carbons (Fsp3) is 0.929. The first-order valence-electron chi connectivity index (χ1n) is 7.06. The van der Waals surface area contributed by atoms with Crippen molar-refractivity contribution in [3.8, 4) is 0 Å². The van der Waals surface area contributed by atoms with Crippen molar-refractivity contribution >= 4 is 5.91 Å². The molecular formula is C14H28N2O. The largest absolute Gasteiger partial charge is 0.356 e. The number of nitrogens with one attached hydrogen (secondary N) is 1. The van der Waals surface area contributed by atoms with Crippen LogP contribution in [0.4, 0.5) is 0 Å². The van der Waals surface area contributed by atoms with Crippen LogP contribution in [0.3, 0.4) is 0 Å². The molecule has 0 spiro atoms. The van der Waals surface area contributed by atoms with Gasteiger partial charge in [0, 0.05) is 12.5 Å². The van der Waals surface area contributed by atoms with E-state index in [1.807, 2.05) is 0 Å². The zero-order chi connectivity index (χ0) is 12.7. The molecule has 1 rings (SSSR count). The highest BCUT2D eigenvalue weighted by Crippen LogP contribution is 2.42. The van der Waals surface area contributed by atoms with Gasteiger partial charge in [-0.05, 0) is 37.6 Å². The Morgan fingerprint density at radius 1 is 1.29 bits per heavy atom. The van der Waals surface area contributed by atoms with E-state index < -0.39 is 0 Å². The maximum absolute atomic E-state index is 12.0. The van der Waals surface area contributed by atoms with Crippen molar-refractivity contribution in [1.82, 2.24) is 5.32 Å². The number of nitrogens with two attached hydrogens (primary N) is 1. The van der Waals surface area contributed by atoms with Gasteiger partial charge in [0.2, 0.25) is 5.91 Å². The summed E-state index contributed by atoms with van der Waals surface area (Å²) in [5.41, 5.74) is 5.63. The van der Waals surface area contributed by atoms with E-state index in [-0.39, 0.29) is 17.2 Å². The van der Waals surface area contributed by atoms with Gasteiger partial charge < -0.3 is 11.1 Å². The molecule has 1 aliphatic carbocycles. The standard InChI is InChI=1S/C14H28N2O/c1-14(2)9-7-8-12(14)13(17)16-11-6-4-3-5-10-15/h12H,3-11,15H2,1-2H3,(H,16,17). The van der Waals surface area contributed by atoms with E-state index in [2.05, 4.69) is 19.2 Å². The van der Waals surface area contributed by atoms with E-state index in [0.717, 1.165) is 32.4 Å². The minimum absolute atomic E-state index is 0.198. The smallest absolute Gasteiger partial charge is 0.223 e. The van der Waals surface area contributed by atoms with E-state index in [0.29, 0.717) is 0 Å². The number of hydrogen-bond acceptors (Lipinski definition) is 2. The van der Waals surface area contributed by atoms with Crippen LogP contribution in [0.5, 0.6) is 0 Å². The predicted octanol–water partition coefficient (Wildman–Crippen LogP) is 2.45. The number of amides is 1. The van der Waals surface area contributed by atoms with Gasteiger partial charge in [0.05, 0.1) is 0 Å². The van der Waals surface area contributed by atoms with E-state index >= 15 is 0 Å². The quantitative estimate of drug-likeness (QED) is 0.672. The first-order chi connectivity index (χ1) is 8.08. The molecule has 0 bridgehead atoms. The summed E-state index contributed by atoms with van der Waals surface area (Å²) in [5.74, 6) is 0.498. The normalized spacial score (nSPS) is 22.6. The maximum Gasteiger partial charge on any atom is 0.223 e. The molecule has 0 heterocycles. The molecule has 0 saturated heterocycles. The molecule has 17 heavy (non-hydrogen) atoms. The highest BCUT2D eigenvalue weighted by molar-refractivity contribution is 5.79. The summed E-state index contributed by atoms with van der Waals surface area (Å²) in [7, 11) is 0. The molecule has 100 valence electrons. The summed E-state index contributed by atoms with van der Waals surface area (Å²) in [6, 6.07) is 0. The zero-order valence-electron chi connectivity index (χ0n) is 11.4. The Kier molecular flexibility index (Phi) is 5.96. The fourth-order valence-corrected chi connectivity index (χ4v) is 2.77. The number of hydrogen-bond donors (Lipinski definition) is 2. The third-order valence-corrected chi connectivity index (χ3v) is 4.00. The Morgan fingerprint density at radius 3 is 2.59 bits per heavy atom. The summed E-state index contributed by atoms with van der Waals surface area (Å²) in [5, 5.41) is 3.09. The molecule has 1 fully saturated rings. The van der Waals surface area contributed by atoms with E-state index in [1.54, 1.807) is 0 Å². The topological polar surface area (TPSA) is 55.1 Å². The lowest BCUT2D eigenvalue weighted by Crippen LogP contribution is -2.36. The molecule has 0 aromatic rings. The Bertz CT molecular complexity index is 238. The first-order valence-corrected chi connectivity index (χ1v) is 7.06. The minimum atomic E-state index is 0.198. The van der Waals surface area contributed by atoms with Crippen LogP contribution in [0.25, 0.3) is 0 Å². The molecule has 0 aromatic heterocycles. The molecule has 3 heteroatoms. The van der Waals surface area contributed by atoms with Crippen LogP contribution in [0, 0.1) is 11.3 Å². The lowest BCUT2D eigenvalue weighted by atomic mass is 9.81. The van der Waals surface area contributed by atoms with E-state index in [9.17, 15) is 4.79 Å². The Morgan fingerprint density at radius 2 is 2.00 bits per heavy atom. The van der Waals surface area contributed by atoms with Gasteiger partial charge in [-0.25, -0.2) is 0 Å². The summed E-state index contributed by atoms with van der Waals surface area (Å²) >= 11 is 0. The average molecular weight is 240 g/mol. The highest BCUT2D eigenvalue weighted by Gasteiger charge is 2.38. The summed E-state index contributed by atoms with van der Waals surface area (Å²) in [6.45, 7) is 6.04. The van der Waals surface area contributed by atoms with Crippen LogP contribution in [-0.2, 0) is 4.79 Å². The molecule has 0 radical (unpaired) electrons. The number of carbonyl (C=O) groups excluding carboxylic acids is 1. The van der Waals surface area contributed by atoms with Crippen LogP contribution in [0.1, 0.15) is 58.8 Å². The number of rotatable bonds is 7. The van der Waals surface area contributed by atoms with Crippen molar-refractivity contribution in [2.75, 3.05) is 13.1 Å². The van der Waals surface area contributed by atoms with Gasteiger partial charge in [0.25, 0.3) is 0 Å². The predicted molar refractivity (Wildman–Crippen MR) is 71.7 cm³/mol. The molecule has 1 saturated carbocycles. The third-order valence-electron chi connectivity index (χ3n) is 4.00. The second-order valence-electron chi connectivity index (χ2n) is 5.93. The average Bonchev–Trinajstić information content (AvgIpc) is 2.63. The monoisotopic (exact) mass is 240 g/mol. The van der Waals surface area contributed by atoms with Gasteiger partial charge in [0.1, 0.15) is 0 Å². The van der Waals surface area contributed by atoms with Crippen molar-refractivity contribution < 1.29 is 4.79 Å². The molecule has 1 aliphatic rings. The molecule has 0 aromatic carbocycles. The van der Waals surface area contributed by atoms with Crippen LogP contribution in [0.2, 0.25) is 0 Å². The van der Waals surface area contributed by atoms with Crippen LogP contribution < -0.4 is 11.1 Å². The molecule has 1 amide bonds. The molecule has 0 aliphatic heterocycles. The molecule has 3 nitrogen and oxygen atoms in total. The summed E-state index contributed by atoms with van der Waals surface area (Å²) in [4.78, 5) is 12.0. The van der Waals surface area contributed by atoms with Gasteiger partial charge in [-0.1, -0.05) is 33.1 Å². The van der Waals surface area contributed by atoms with Crippen molar-refractivity contribution in [2.24, 2.45) is 17.1 Å². The molecular weight excluding hydrogens is 212 g/mol. The van der Waals surface area contributed by atoms with Gasteiger partial charge in [-0.15, -0.1) is 0 Å². The van der Waals surface area contributed by atoms with E-state index in [1.165, 1.54) is 25.7 Å². The second kappa shape index (κ2) is 7.00. The Hall–Kier alpha value is -0.570. The minimum Gasteiger partial charge on any atom is -0.356 e. The van der Waals surface area contributed by atoms with Crippen LogP contribution >= 0.6 is 0 Å². The van der Waals surface area contributed by atoms with Gasteiger partial charge >= 0.3 is 0 Å². The van der Waals surface area contributed by atoms with Crippen LogP contribution in [0.15, 0.2) is 0 Å². The zero-order valence-corrected chi connectivity index (χ0v) is 11.4. The highest BCUT2D eigenvalue weighted by atomic mass is 16.1. The lowest BCUT2D eigenvalue weighted by Gasteiger charge is -2.25. The van der Waals surface area contributed by atoms with E-state index in [4.69, 9.17) is 5.73 Å². The van der Waals surface area contributed by atoms with Gasteiger partial charge in [-0.3, -0.25) is 4.79 Å². The van der Waals surface area contributed by atoms with Crippen molar-refractivity contribution in [3.05, 3.63) is 0 Å². The van der Waals surface area contributed by atoms with Crippen molar-refractivity contribution in [1.29, 1.82) is 0 Å². The molecule has 1 atom stereocenters. The van der Waals surface area contributed by atoms with Gasteiger partial charge in [0.15, 0.2) is 0 Å². The maximum atomic E-state index is 12.0. The number of carbonyl (C=O) groups is 1. The first kappa shape index (κ1) is 14.5. The Labute approximate surface area is 106 Å². The summed E-state index contributed by atoms with van der Waals surface area (Å²) in [6.07, 6.45) is 7.98. The van der Waals surface area contributed by atoms with Crippen molar-refractivity contribution in [3.63, 3.8) is 0 Å². The molecule has 3 N–H and O–H groups in total. The SMILES string of the molecule is CC1(C)CCCC1C(=O)NCCCCCCN. The second-order valence-corrected chi connectivity index (χ2v) is 5.93. The van der Waals surface area contributed by atoms with Crippen molar-refractivity contribution in [2.45, 2.75) is 58.8 Å². The fourth-order valence-electron chi connectivity index (χ4n) is 2.77.